The molecule has 0 aromatic rings. The third-order valence-electron chi connectivity index (χ3n) is 3.74. The molecule has 102 valence electrons. The second kappa shape index (κ2) is 9.23. The maximum absolute atomic E-state index is 3.67. The zero-order valence-corrected chi connectivity index (χ0v) is 12.7. The van der Waals surface area contributed by atoms with E-state index in [0.717, 1.165) is 12.1 Å². The maximum Gasteiger partial charge on any atom is 0.00940 e. The summed E-state index contributed by atoms with van der Waals surface area (Å²) >= 11 is 1.97. The predicted octanol–water partition coefficient (Wildman–Crippen LogP) is 2.98. The highest BCUT2D eigenvalue weighted by Crippen LogP contribution is 2.18. The SMILES string of the molecule is CCCNC1CCN(CCCCSC)C(C)C1. The van der Waals surface area contributed by atoms with E-state index in [4.69, 9.17) is 0 Å². The Labute approximate surface area is 112 Å². The quantitative estimate of drug-likeness (QED) is 0.674. The van der Waals surface area contributed by atoms with Crippen LogP contribution in [-0.2, 0) is 0 Å². The lowest BCUT2D eigenvalue weighted by Gasteiger charge is -2.38. The smallest absolute Gasteiger partial charge is 0.00940 e. The van der Waals surface area contributed by atoms with Crippen LogP contribution in [0.3, 0.4) is 0 Å². The molecule has 1 saturated heterocycles. The average molecular weight is 258 g/mol. The number of thioether (sulfide) groups is 1. The van der Waals surface area contributed by atoms with Crippen LogP contribution in [0.5, 0.6) is 0 Å². The monoisotopic (exact) mass is 258 g/mol. The van der Waals surface area contributed by atoms with Gasteiger partial charge in [-0.2, -0.15) is 11.8 Å². The second-order valence-corrected chi connectivity index (χ2v) is 6.25. The largest absolute Gasteiger partial charge is 0.314 e. The van der Waals surface area contributed by atoms with Gasteiger partial charge in [-0.1, -0.05) is 6.92 Å². The zero-order chi connectivity index (χ0) is 12.5. The van der Waals surface area contributed by atoms with Crippen molar-refractivity contribution < 1.29 is 0 Å². The summed E-state index contributed by atoms with van der Waals surface area (Å²) in [6.07, 6.45) is 8.88. The van der Waals surface area contributed by atoms with Crippen molar-refractivity contribution in [3.8, 4) is 0 Å². The highest BCUT2D eigenvalue weighted by molar-refractivity contribution is 7.98. The van der Waals surface area contributed by atoms with E-state index in [2.05, 4.69) is 30.3 Å². The minimum atomic E-state index is 0.771. The topological polar surface area (TPSA) is 15.3 Å². The first-order chi connectivity index (χ1) is 8.27. The number of likely N-dealkylation sites (tertiary alicyclic amines) is 1. The molecule has 0 bridgehead atoms. The van der Waals surface area contributed by atoms with Crippen molar-refractivity contribution in [3.05, 3.63) is 0 Å². The molecule has 1 aliphatic heterocycles. The summed E-state index contributed by atoms with van der Waals surface area (Å²) in [7, 11) is 0. The Bertz CT molecular complexity index is 187. The van der Waals surface area contributed by atoms with E-state index in [-0.39, 0.29) is 0 Å². The molecule has 0 aromatic carbocycles. The van der Waals surface area contributed by atoms with Crippen LogP contribution in [0.1, 0.15) is 46.0 Å². The summed E-state index contributed by atoms with van der Waals surface area (Å²) in [5.74, 6) is 1.32. The van der Waals surface area contributed by atoms with Gasteiger partial charge in [-0.3, -0.25) is 0 Å². The maximum atomic E-state index is 3.67. The van der Waals surface area contributed by atoms with Gasteiger partial charge >= 0.3 is 0 Å². The average Bonchev–Trinajstić information content (AvgIpc) is 2.34. The van der Waals surface area contributed by atoms with E-state index in [0.29, 0.717) is 0 Å². The van der Waals surface area contributed by atoms with Gasteiger partial charge in [-0.25, -0.2) is 0 Å². The summed E-state index contributed by atoms with van der Waals surface area (Å²) < 4.78 is 0. The molecule has 1 aliphatic rings. The van der Waals surface area contributed by atoms with Gasteiger partial charge in [0.25, 0.3) is 0 Å². The molecule has 1 fully saturated rings. The summed E-state index contributed by atoms with van der Waals surface area (Å²) in [6.45, 7) is 8.43. The highest BCUT2D eigenvalue weighted by atomic mass is 32.2. The van der Waals surface area contributed by atoms with Gasteiger partial charge in [-0.15, -0.1) is 0 Å². The minimum Gasteiger partial charge on any atom is -0.314 e. The fourth-order valence-corrected chi connectivity index (χ4v) is 3.14. The Morgan fingerprint density at radius 2 is 2.18 bits per heavy atom. The first-order valence-corrected chi connectivity index (χ1v) is 8.63. The van der Waals surface area contributed by atoms with E-state index < -0.39 is 0 Å². The van der Waals surface area contributed by atoms with Crippen molar-refractivity contribution >= 4 is 11.8 Å². The molecule has 0 saturated carbocycles. The lowest BCUT2D eigenvalue weighted by molar-refractivity contribution is 0.134. The predicted molar refractivity (Wildman–Crippen MR) is 80.0 cm³/mol. The number of nitrogens with zero attached hydrogens (tertiary/aromatic N) is 1. The van der Waals surface area contributed by atoms with Gasteiger partial charge in [0.1, 0.15) is 0 Å². The molecule has 2 nitrogen and oxygen atoms in total. The molecule has 0 aromatic heterocycles. The molecule has 1 heterocycles. The van der Waals surface area contributed by atoms with Crippen molar-refractivity contribution in [1.29, 1.82) is 0 Å². The molecule has 3 heteroatoms. The van der Waals surface area contributed by atoms with Crippen molar-refractivity contribution in [1.82, 2.24) is 10.2 Å². The van der Waals surface area contributed by atoms with Crippen molar-refractivity contribution in [3.63, 3.8) is 0 Å². The van der Waals surface area contributed by atoms with Crippen LogP contribution in [0.4, 0.5) is 0 Å². The molecule has 0 spiro atoms. The van der Waals surface area contributed by atoms with Gasteiger partial charge in [0.2, 0.25) is 0 Å². The molecule has 0 radical (unpaired) electrons. The van der Waals surface area contributed by atoms with Crippen LogP contribution in [0.25, 0.3) is 0 Å². The Kier molecular flexibility index (Phi) is 8.33. The van der Waals surface area contributed by atoms with Crippen LogP contribution in [0.15, 0.2) is 0 Å². The highest BCUT2D eigenvalue weighted by Gasteiger charge is 2.24. The molecule has 2 unspecified atom stereocenters. The molecule has 1 N–H and O–H groups in total. The van der Waals surface area contributed by atoms with Gasteiger partial charge in [0, 0.05) is 12.1 Å². The van der Waals surface area contributed by atoms with Gasteiger partial charge < -0.3 is 10.2 Å². The lowest BCUT2D eigenvalue weighted by atomic mass is 9.98. The number of hydrogen-bond donors (Lipinski definition) is 1. The van der Waals surface area contributed by atoms with Crippen LogP contribution in [0, 0.1) is 0 Å². The Balaban J connectivity index is 2.14. The van der Waals surface area contributed by atoms with E-state index in [1.807, 2.05) is 11.8 Å². The molecular formula is C14H30N2S. The lowest BCUT2D eigenvalue weighted by Crippen LogP contribution is -2.47. The number of piperidine rings is 1. The number of unbranched alkanes of at least 4 members (excludes halogenated alkanes) is 1. The van der Waals surface area contributed by atoms with E-state index in [9.17, 15) is 0 Å². The van der Waals surface area contributed by atoms with E-state index in [1.54, 1.807) is 0 Å². The first kappa shape index (κ1) is 15.3. The van der Waals surface area contributed by atoms with Crippen LogP contribution < -0.4 is 5.32 Å². The summed E-state index contributed by atoms with van der Waals surface area (Å²) in [5.41, 5.74) is 0. The van der Waals surface area contributed by atoms with E-state index >= 15 is 0 Å². The third kappa shape index (κ3) is 6.12. The number of hydrogen-bond acceptors (Lipinski definition) is 3. The standard InChI is InChI=1S/C14H30N2S/c1-4-8-15-14-7-10-16(13(2)12-14)9-5-6-11-17-3/h13-15H,4-12H2,1-3H3. The van der Waals surface area contributed by atoms with E-state index in [1.165, 1.54) is 57.5 Å². The molecule has 17 heavy (non-hydrogen) atoms. The Hall–Kier alpha value is 0.270. The molecule has 0 amide bonds. The zero-order valence-electron chi connectivity index (χ0n) is 11.9. The molecule has 1 rings (SSSR count). The minimum absolute atomic E-state index is 0.771. The van der Waals surface area contributed by atoms with Crippen molar-refractivity contribution in [2.45, 2.75) is 58.0 Å². The third-order valence-corrected chi connectivity index (χ3v) is 4.44. The Morgan fingerprint density at radius 1 is 1.35 bits per heavy atom. The van der Waals surface area contributed by atoms with Crippen LogP contribution >= 0.6 is 11.8 Å². The normalized spacial score (nSPS) is 26.3. The van der Waals surface area contributed by atoms with Gasteiger partial charge in [0.15, 0.2) is 0 Å². The fraction of sp³-hybridized carbons (Fsp3) is 1.00. The van der Waals surface area contributed by atoms with Crippen molar-refractivity contribution in [2.75, 3.05) is 31.6 Å². The number of nitrogens with one attached hydrogen (secondary N) is 1. The summed E-state index contributed by atoms with van der Waals surface area (Å²) in [6, 6.07) is 1.54. The van der Waals surface area contributed by atoms with Crippen molar-refractivity contribution in [2.24, 2.45) is 0 Å². The van der Waals surface area contributed by atoms with Crippen LogP contribution in [0.2, 0.25) is 0 Å². The summed E-state index contributed by atoms with van der Waals surface area (Å²) in [5, 5.41) is 3.67. The molecule has 2 atom stereocenters. The molecule has 0 aliphatic carbocycles. The fourth-order valence-electron chi connectivity index (χ4n) is 2.65. The van der Waals surface area contributed by atoms with Crippen LogP contribution in [-0.4, -0.2) is 48.6 Å². The number of rotatable bonds is 8. The Morgan fingerprint density at radius 3 is 2.82 bits per heavy atom. The van der Waals surface area contributed by atoms with Gasteiger partial charge in [-0.05, 0) is 70.7 Å². The molecular weight excluding hydrogens is 228 g/mol. The summed E-state index contributed by atoms with van der Waals surface area (Å²) in [4.78, 5) is 2.68. The van der Waals surface area contributed by atoms with Gasteiger partial charge in [0.05, 0.1) is 0 Å². The first-order valence-electron chi connectivity index (χ1n) is 7.24. The second-order valence-electron chi connectivity index (χ2n) is 5.26.